The van der Waals surface area contributed by atoms with Crippen LogP contribution in [0.5, 0.6) is 0 Å². The number of piperazine rings is 1. The van der Waals surface area contributed by atoms with E-state index in [-0.39, 0.29) is 24.0 Å². The van der Waals surface area contributed by atoms with Crippen LogP contribution >= 0.6 is 39.9 Å². The SMILES string of the molecule is CCN1CCN(CCCCNC(=NC)N(C)Cc2cc(Br)cn2C)CC1.I. The van der Waals surface area contributed by atoms with E-state index in [2.05, 4.69) is 78.8 Å². The van der Waals surface area contributed by atoms with E-state index in [9.17, 15) is 0 Å². The van der Waals surface area contributed by atoms with Gasteiger partial charge >= 0.3 is 0 Å². The number of hydrogen-bond donors (Lipinski definition) is 1. The van der Waals surface area contributed by atoms with Crippen molar-refractivity contribution in [3.8, 4) is 0 Å². The number of likely N-dealkylation sites (N-methyl/N-ethyl adjacent to an activating group) is 1. The predicted octanol–water partition coefficient (Wildman–Crippen LogP) is 2.83. The minimum Gasteiger partial charge on any atom is -0.356 e. The lowest BCUT2D eigenvalue weighted by Gasteiger charge is -2.34. The third-order valence-corrected chi connectivity index (χ3v) is 5.58. The van der Waals surface area contributed by atoms with Crippen molar-refractivity contribution < 1.29 is 0 Å². The summed E-state index contributed by atoms with van der Waals surface area (Å²) in [6, 6.07) is 2.15. The van der Waals surface area contributed by atoms with Gasteiger partial charge in [-0.25, -0.2) is 0 Å². The summed E-state index contributed by atoms with van der Waals surface area (Å²) in [6.45, 7) is 11.3. The molecule has 0 amide bonds. The summed E-state index contributed by atoms with van der Waals surface area (Å²) in [7, 11) is 6.01. The first-order chi connectivity index (χ1) is 12.5. The van der Waals surface area contributed by atoms with Crippen LogP contribution in [0.1, 0.15) is 25.5 Å². The molecule has 1 aliphatic heterocycles. The van der Waals surface area contributed by atoms with Crippen molar-refractivity contribution >= 4 is 45.9 Å². The first kappa shape index (κ1) is 24.7. The van der Waals surface area contributed by atoms with E-state index < -0.39 is 0 Å². The first-order valence-corrected chi connectivity index (χ1v) is 10.5. The molecule has 6 nitrogen and oxygen atoms in total. The molecule has 2 rings (SSSR count). The van der Waals surface area contributed by atoms with Gasteiger partial charge in [0.05, 0.1) is 6.54 Å². The summed E-state index contributed by atoms with van der Waals surface area (Å²) >= 11 is 3.53. The van der Waals surface area contributed by atoms with Gasteiger partial charge < -0.3 is 24.6 Å². The van der Waals surface area contributed by atoms with Crippen LogP contribution in [0.2, 0.25) is 0 Å². The van der Waals surface area contributed by atoms with E-state index in [1.165, 1.54) is 57.8 Å². The molecule has 1 N–H and O–H groups in total. The van der Waals surface area contributed by atoms with Crippen molar-refractivity contribution in [3.05, 3.63) is 22.4 Å². The fraction of sp³-hybridized carbons (Fsp3) is 0.737. The van der Waals surface area contributed by atoms with E-state index in [0.29, 0.717) is 0 Å². The standard InChI is InChI=1S/C19H35BrN6.HI/c1-5-25-10-12-26(13-11-25)9-7-6-8-22-19(21-2)24(4)16-18-14-17(20)15-23(18)3;/h14-15H,5-13,16H2,1-4H3,(H,21,22);1H. The lowest BCUT2D eigenvalue weighted by Crippen LogP contribution is -2.46. The van der Waals surface area contributed by atoms with Gasteiger partial charge in [0.1, 0.15) is 0 Å². The van der Waals surface area contributed by atoms with Gasteiger partial charge in [-0.05, 0) is 47.9 Å². The van der Waals surface area contributed by atoms with E-state index in [0.717, 1.165) is 23.5 Å². The van der Waals surface area contributed by atoms with Crippen LogP contribution in [0.15, 0.2) is 21.7 Å². The summed E-state index contributed by atoms with van der Waals surface area (Å²) < 4.78 is 3.26. The molecule has 1 aromatic heterocycles. The first-order valence-electron chi connectivity index (χ1n) is 9.70. The molecule has 8 heteroatoms. The lowest BCUT2D eigenvalue weighted by molar-refractivity contribution is 0.136. The van der Waals surface area contributed by atoms with Crippen LogP contribution < -0.4 is 5.32 Å². The monoisotopic (exact) mass is 554 g/mol. The molecule has 0 aliphatic carbocycles. The van der Waals surface area contributed by atoms with E-state index in [1.807, 2.05) is 7.05 Å². The Bertz CT molecular complexity index is 569. The third-order valence-electron chi connectivity index (χ3n) is 5.14. The molecule has 27 heavy (non-hydrogen) atoms. The fourth-order valence-corrected chi connectivity index (χ4v) is 3.99. The highest BCUT2D eigenvalue weighted by Crippen LogP contribution is 2.15. The zero-order valence-electron chi connectivity index (χ0n) is 17.2. The molecular weight excluding hydrogens is 519 g/mol. The Morgan fingerprint density at radius 3 is 2.44 bits per heavy atom. The Morgan fingerprint density at radius 1 is 1.22 bits per heavy atom. The smallest absolute Gasteiger partial charge is 0.193 e. The van der Waals surface area contributed by atoms with Crippen molar-refractivity contribution in [1.29, 1.82) is 0 Å². The van der Waals surface area contributed by atoms with Gasteiger partial charge in [0.2, 0.25) is 0 Å². The Kier molecular flexibility index (Phi) is 11.9. The summed E-state index contributed by atoms with van der Waals surface area (Å²) in [5.41, 5.74) is 1.26. The summed E-state index contributed by atoms with van der Waals surface area (Å²) in [6.07, 6.45) is 4.50. The summed E-state index contributed by atoms with van der Waals surface area (Å²) in [5, 5.41) is 3.50. The molecule has 0 unspecified atom stereocenters. The minimum absolute atomic E-state index is 0. The Hall–Kier alpha value is -0.320. The van der Waals surface area contributed by atoms with E-state index >= 15 is 0 Å². The van der Waals surface area contributed by atoms with Crippen LogP contribution in [-0.4, -0.2) is 85.1 Å². The number of aliphatic imine (C=N–C) groups is 1. The lowest BCUT2D eigenvalue weighted by atomic mass is 10.2. The topological polar surface area (TPSA) is 39.0 Å². The van der Waals surface area contributed by atoms with Crippen LogP contribution in [-0.2, 0) is 13.6 Å². The molecule has 1 saturated heterocycles. The number of hydrogen-bond acceptors (Lipinski definition) is 3. The second-order valence-electron chi connectivity index (χ2n) is 7.07. The Morgan fingerprint density at radius 2 is 1.89 bits per heavy atom. The number of guanidine groups is 1. The average Bonchev–Trinajstić information content (AvgIpc) is 2.95. The third kappa shape index (κ3) is 8.29. The number of unbranched alkanes of at least 4 members (excludes halogenated alkanes) is 1. The van der Waals surface area contributed by atoms with Crippen LogP contribution in [0, 0.1) is 0 Å². The fourth-order valence-electron chi connectivity index (χ4n) is 3.42. The molecule has 0 saturated carbocycles. The predicted molar refractivity (Wildman–Crippen MR) is 129 cm³/mol. The molecule has 0 spiro atoms. The number of aryl methyl sites for hydroxylation is 1. The number of nitrogens with one attached hydrogen (secondary N) is 1. The van der Waals surface area contributed by atoms with Gasteiger partial charge in [-0.2, -0.15) is 0 Å². The average molecular weight is 555 g/mol. The quantitative estimate of drug-likeness (QED) is 0.232. The largest absolute Gasteiger partial charge is 0.356 e. The normalized spacial score (nSPS) is 16.3. The van der Waals surface area contributed by atoms with Gasteiger partial charge in [0.25, 0.3) is 0 Å². The van der Waals surface area contributed by atoms with Crippen LogP contribution in [0.3, 0.4) is 0 Å². The van der Waals surface area contributed by atoms with Crippen molar-refractivity contribution in [2.45, 2.75) is 26.3 Å². The summed E-state index contributed by atoms with van der Waals surface area (Å²) in [5.74, 6) is 0.957. The maximum absolute atomic E-state index is 4.42. The highest BCUT2D eigenvalue weighted by Gasteiger charge is 2.14. The van der Waals surface area contributed by atoms with Crippen LogP contribution in [0.4, 0.5) is 0 Å². The molecule has 1 aliphatic rings. The number of nitrogens with zero attached hydrogens (tertiary/aromatic N) is 5. The number of halogens is 2. The van der Waals surface area contributed by atoms with E-state index in [4.69, 9.17) is 0 Å². The second-order valence-corrected chi connectivity index (χ2v) is 7.99. The van der Waals surface area contributed by atoms with Gasteiger partial charge in [-0.3, -0.25) is 4.99 Å². The molecule has 0 bridgehead atoms. The van der Waals surface area contributed by atoms with Crippen molar-refractivity contribution in [2.75, 3.05) is 59.9 Å². The molecule has 0 aromatic carbocycles. The van der Waals surface area contributed by atoms with Crippen molar-refractivity contribution in [1.82, 2.24) is 24.6 Å². The zero-order chi connectivity index (χ0) is 18.9. The van der Waals surface area contributed by atoms with Gasteiger partial charge in [0.15, 0.2) is 5.96 Å². The molecule has 0 radical (unpaired) electrons. The molecule has 1 fully saturated rings. The Labute approximate surface area is 190 Å². The second kappa shape index (κ2) is 13.0. The minimum atomic E-state index is 0. The molecule has 2 heterocycles. The molecule has 0 atom stereocenters. The molecular formula is C19H36BrIN6. The Balaban J connectivity index is 0.00000364. The van der Waals surface area contributed by atoms with Crippen LogP contribution in [0.25, 0.3) is 0 Å². The molecule has 156 valence electrons. The maximum Gasteiger partial charge on any atom is 0.193 e. The van der Waals surface area contributed by atoms with Gasteiger partial charge in [-0.15, -0.1) is 24.0 Å². The number of aromatic nitrogens is 1. The molecule has 1 aromatic rings. The van der Waals surface area contributed by atoms with Gasteiger partial charge in [0, 0.05) is 70.2 Å². The van der Waals surface area contributed by atoms with Crippen molar-refractivity contribution in [3.63, 3.8) is 0 Å². The zero-order valence-corrected chi connectivity index (χ0v) is 21.2. The highest BCUT2D eigenvalue weighted by atomic mass is 127. The van der Waals surface area contributed by atoms with Crippen molar-refractivity contribution in [2.24, 2.45) is 12.0 Å². The maximum atomic E-state index is 4.42. The highest BCUT2D eigenvalue weighted by molar-refractivity contribution is 14.0. The van der Waals surface area contributed by atoms with E-state index in [1.54, 1.807) is 0 Å². The summed E-state index contributed by atoms with van der Waals surface area (Å²) in [4.78, 5) is 11.7. The number of rotatable bonds is 8. The van der Waals surface area contributed by atoms with Gasteiger partial charge in [-0.1, -0.05) is 6.92 Å².